The van der Waals surface area contributed by atoms with Crippen LogP contribution < -0.4 is 14.2 Å². The molecule has 0 heterocycles. The van der Waals surface area contributed by atoms with E-state index in [9.17, 15) is 4.79 Å². The van der Waals surface area contributed by atoms with Crippen LogP contribution >= 0.6 is 0 Å². The molecule has 0 fully saturated rings. The number of methoxy groups -OCH3 is 3. The number of hydrogen-bond acceptors (Lipinski definition) is 6. The minimum absolute atomic E-state index is 0.312. The second kappa shape index (κ2) is 12.6. The van der Waals surface area contributed by atoms with Gasteiger partial charge in [0.15, 0.2) is 17.5 Å². The molecule has 5 rings (SSSR count). The van der Waals surface area contributed by atoms with Gasteiger partial charge in [-0.05, 0) is 72.1 Å². The second-order valence-electron chi connectivity index (χ2n) is 11.3. The average molecular weight is 576 g/mol. The molecule has 0 unspecified atom stereocenters. The van der Waals surface area contributed by atoms with Gasteiger partial charge in [-0.1, -0.05) is 72.8 Å². The van der Waals surface area contributed by atoms with Crippen molar-refractivity contribution in [2.75, 3.05) is 21.3 Å². The number of carbonyl (C=O) groups excluding carboxylic acids is 1. The van der Waals surface area contributed by atoms with Crippen LogP contribution in [0.15, 0.2) is 102 Å². The molecule has 0 saturated heterocycles. The van der Waals surface area contributed by atoms with Gasteiger partial charge >= 0.3 is 5.97 Å². The number of aliphatic imine (C=N–C) groups is 1. The topological polar surface area (TPSA) is 66.4 Å². The molecule has 5 aromatic rings. The molecule has 0 saturated carbocycles. The second-order valence-corrected chi connectivity index (χ2v) is 11.3. The van der Waals surface area contributed by atoms with Gasteiger partial charge in [0.25, 0.3) is 0 Å². The molecule has 6 heteroatoms. The third-order valence-electron chi connectivity index (χ3n) is 7.22. The standard InChI is InChI=1S/C37H37NO5/c1-37(2,3)43-36(39)32(38-35(24-13-9-7-10-14-24)25-15-11-8-12-16-25)20-27-19-26-17-18-28(40-4)21-29(26)31-23-34(42-6)33(41-5)22-30(27)31/h7-19,21-23,32H,20H2,1-6H3/t32-/m0/s1. The Labute approximate surface area is 252 Å². The minimum atomic E-state index is -0.818. The fraction of sp³-hybridized carbons (Fsp3) is 0.243. The van der Waals surface area contributed by atoms with E-state index < -0.39 is 11.6 Å². The van der Waals surface area contributed by atoms with Crippen LogP contribution in [-0.4, -0.2) is 44.7 Å². The molecule has 0 amide bonds. The van der Waals surface area contributed by atoms with Gasteiger partial charge in [0.05, 0.1) is 27.0 Å². The molecular weight excluding hydrogens is 538 g/mol. The zero-order chi connectivity index (χ0) is 30.6. The molecule has 6 nitrogen and oxygen atoms in total. The largest absolute Gasteiger partial charge is 0.497 e. The highest BCUT2D eigenvalue weighted by Crippen LogP contribution is 2.39. The molecule has 0 aliphatic heterocycles. The smallest absolute Gasteiger partial charge is 0.331 e. The van der Waals surface area contributed by atoms with Crippen molar-refractivity contribution >= 4 is 33.2 Å². The van der Waals surface area contributed by atoms with E-state index in [4.69, 9.17) is 23.9 Å². The van der Waals surface area contributed by atoms with Crippen LogP contribution in [-0.2, 0) is 16.0 Å². The molecule has 0 aliphatic rings. The van der Waals surface area contributed by atoms with E-state index in [2.05, 4.69) is 6.07 Å². The molecule has 1 atom stereocenters. The zero-order valence-electron chi connectivity index (χ0n) is 25.5. The maximum atomic E-state index is 13.9. The first kappa shape index (κ1) is 29.6. The lowest BCUT2D eigenvalue weighted by molar-refractivity contribution is -0.156. The van der Waals surface area contributed by atoms with Crippen molar-refractivity contribution in [3.05, 3.63) is 114 Å². The fourth-order valence-electron chi connectivity index (χ4n) is 5.25. The van der Waals surface area contributed by atoms with E-state index in [1.807, 2.05) is 112 Å². The van der Waals surface area contributed by atoms with Gasteiger partial charge in [0.2, 0.25) is 0 Å². The van der Waals surface area contributed by atoms with Crippen LogP contribution in [0.25, 0.3) is 21.5 Å². The van der Waals surface area contributed by atoms with E-state index in [-0.39, 0.29) is 5.97 Å². The molecule has 0 bridgehead atoms. The Morgan fingerprint density at radius 1 is 0.698 bits per heavy atom. The first-order valence-corrected chi connectivity index (χ1v) is 14.3. The molecular formula is C37H37NO5. The average Bonchev–Trinajstić information content (AvgIpc) is 3.02. The van der Waals surface area contributed by atoms with Gasteiger partial charge < -0.3 is 18.9 Å². The van der Waals surface area contributed by atoms with Crippen molar-refractivity contribution < 1.29 is 23.7 Å². The highest BCUT2D eigenvalue weighted by Gasteiger charge is 2.27. The Bertz CT molecular complexity index is 1730. The van der Waals surface area contributed by atoms with Crippen molar-refractivity contribution in [3.63, 3.8) is 0 Å². The van der Waals surface area contributed by atoms with Crippen molar-refractivity contribution in [3.8, 4) is 17.2 Å². The van der Waals surface area contributed by atoms with E-state index in [0.29, 0.717) is 17.9 Å². The summed E-state index contributed by atoms with van der Waals surface area (Å²) in [6.07, 6.45) is 0.312. The Morgan fingerprint density at radius 3 is 1.81 bits per heavy atom. The summed E-state index contributed by atoms with van der Waals surface area (Å²) in [5.74, 6) is 1.58. The Hall–Kier alpha value is -4.84. The van der Waals surface area contributed by atoms with Gasteiger partial charge in [-0.2, -0.15) is 0 Å². The van der Waals surface area contributed by atoms with Gasteiger partial charge in [0.1, 0.15) is 11.4 Å². The summed E-state index contributed by atoms with van der Waals surface area (Å²) in [4.78, 5) is 19.0. The lowest BCUT2D eigenvalue weighted by Gasteiger charge is -2.24. The maximum absolute atomic E-state index is 13.9. The quantitative estimate of drug-likeness (QED) is 0.102. The number of ether oxygens (including phenoxy) is 4. The maximum Gasteiger partial charge on any atom is 0.331 e. The van der Waals surface area contributed by atoms with Crippen LogP contribution in [0.3, 0.4) is 0 Å². The number of benzene rings is 5. The number of fused-ring (bicyclic) bond motifs is 3. The number of esters is 1. The van der Waals surface area contributed by atoms with Crippen molar-refractivity contribution in [2.45, 2.75) is 38.8 Å². The molecule has 0 spiro atoms. The summed E-state index contributed by atoms with van der Waals surface area (Å²) in [5.41, 5.74) is 2.83. The first-order valence-electron chi connectivity index (χ1n) is 14.3. The molecule has 5 aromatic carbocycles. The van der Waals surface area contributed by atoms with E-state index in [1.165, 1.54) is 0 Å². The van der Waals surface area contributed by atoms with E-state index >= 15 is 0 Å². The van der Waals surface area contributed by atoms with Crippen LogP contribution in [0.4, 0.5) is 0 Å². The summed E-state index contributed by atoms with van der Waals surface area (Å²) < 4.78 is 22.8. The monoisotopic (exact) mass is 575 g/mol. The lowest BCUT2D eigenvalue weighted by Crippen LogP contribution is -2.33. The minimum Gasteiger partial charge on any atom is -0.497 e. The van der Waals surface area contributed by atoms with Crippen LogP contribution in [0, 0.1) is 0 Å². The number of nitrogens with zero attached hydrogens (tertiary/aromatic N) is 1. The van der Waals surface area contributed by atoms with Crippen molar-refractivity contribution in [1.82, 2.24) is 0 Å². The van der Waals surface area contributed by atoms with E-state index in [0.717, 1.165) is 49.7 Å². The normalized spacial score (nSPS) is 12.0. The van der Waals surface area contributed by atoms with Gasteiger partial charge in [0, 0.05) is 17.5 Å². The Morgan fingerprint density at radius 2 is 1.28 bits per heavy atom. The lowest BCUT2D eigenvalue weighted by atomic mass is 9.92. The molecule has 0 aromatic heterocycles. The van der Waals surface area contributed by atoms with Crippen molar-refractivity contribution in [2.24, 2.45) is 4.99 Å². The van der Waals surface area contributed by atoms with Crippen LogP contribution in [0.1, 0.15) is 37.5 Å². The predicted molar refractivity (Wildman–Crippen MR) is 173 cm³/mol. The van der Waals surface area contributed by atoms with Gasteiger partial charge in [-0.3, -0.25) is 4.99 Å². The third-order valence-corrected chi connectivity index (χ3v) is 7.22. The Kier molecular flexibility index (Phi) is 8.67. The van der Waals surface area contributed by atoms with E-state index in [1.54, 1.807) is 21.3 Å². The molecule has 0 radical (unpaired) electrons. The summed E-state index contributed by atoms with van der Waals surface area (Å²) >= 11 is 0. The van der Waals surface area contributed by atoms with Gasteiger partial charge in [-0.15, -0.1) is 0 Å². The van der Waals surface area contributed by atoms with Crippen LogP contribution in [0.2, 0.25) is 0 Å². The Balaban J connectivity index is 1.74. The highest BCUT2D eigenvalue weighted by atomic mass is 16.6. The van der Waals surface area contributed by atoms with Gasteiger partial charge in [-0.25, -0.2) is 4.79 Å². The number of carbonyl (C=O) groups is 1. The third kappa shape index (κ3) is 6.64. The SMILES string of the molecule is COc1ccc2cc(C[C@H](N=C(c3ccccc3)c3ccccc3)C(=O)OC(C)(C)C)c3cc(OC)c(OC)cc3c2c1. The summed E-state index contributed by atoms with van der Waals surface area (Å²) in [5, 5.41) is 3.91. The fourth-order valence-corrected chi connectivity index (χ4v) is 5.25. The molecule has 0 N–H and O–H groups in total. The van der Waals surface area contributed by atoms with Crippen molar-refractivity contribution in [1.29, 1.82) is 0 Å². The zero-order valence-corrected chi connectivity index (χ0v) is 25.5. The first-order chi connectivity index (χ1) is 20.7. The summed E-state index contributed by atoms with van der Waals surface area (Å²) in [7, 11) is 4.90. The highest BCUT2D eigenvalue weighted by molar-refractivity contribution is 6.14. The predicted octanol–water partition coefficient (Wildman–Crippen LogP) is 7.81. The molecule has 220 valence electrons. The van der Waals surface area contributed by atoms with Crippen LogP contribution in [0.5, 0.6) is 17.2 Å². The molecule has 0 aliphatic carbocycles. The summed E-state index contributed by atoms with van der Waals surface area (Å²) in [6.45, 7) is 5.62. The summed E-state index contributed by atoms with van der Waals surface area (Å²) in [6, 6.07) is 31.1. The number of hydrogen-bond donors (Lipinski definition) is 0. The number of rotatable bonds is 9. The molecule has 43 heavy (non-hydrogen) atoms.